The van der Waals surface area contributed by atoms with Crippen molar-refractivity contribution in [3.8, 4) is 0 Å². The van der Waals surface area contributed by atoms with Gasteiger partial charge in [0.2, 0.25) is 10.0 Å². The summed E-state index contributed by atoms with van der Waals surface area (Å²) >= 11 is 0. The Morgan fingerprint density at radius 2 is 2.08 bits per heavy atom. The minimum absolute atomic E-state index is 0.152. The number of nitrogens with zero attached hydrogens (tertiary/aromatic N) is 3. The molecule has 9 heteroatoms. The molecule has 26 heavy (non-hydrogen) atoms. The fourth-order valence-corrected chi connectivity index (χ4v) is 4.32. The number of likely N-dealkylation sites (N-methyl/N-ethyl adjacent to an activating group) is 1. The molecule has 2 heterocycles. The number of ether oxygens (including phenoxy) is 1. The zero-order valence-electron chi connectivity index (χ0n) is 15.4. The Morgan fingerprint density at radius 3 is 2.81 bits per heavy atom. The van der Waals surface area contributed by atoms with Gasteiger partial charge in [0.1, 0.15) is 0 Å². The van der Waals surface area contributed by atoms with Crippen LogP contribution in [-0.4, -0.2) is 88.1 Å². The van der Waals surface area contributed by atoms with Gasteiger partial charge in [0.15, 0.2) is 0 Å². The van der Waals surface area contributed by atoms with Crippen LogP contribution in [0.15, 0.2) is 29.2 Å². The van der Waals surface area contributed by atoms with Gasteiger partial charge in [-0.1, -0.05) is 6.07 Å². The molecule has 8 nitrogen and oxygen atoms in total. The van der Waals surface area contributed by atoms with Crippen LogP contribution >= 0.6 is 0 Å². The number of fused-ring (bicyclic) bond motifs is 1. The second-order valence-corrected chi connectivity index (χ2v) is 9.09. The third-order valence-electron chi connectivity index (χ3n) is 5.01. The van der Waals surface area contributed by atoms with Crippen molar-refractivity contribution in [3.05, 3.63) is 24.3 Å². The van der Waals surface area contributed by atoms with Crippen molar-refractivity contribution in [2.75, 3.05) is 52.7 Å². The summed E-state index contributed by atoms with van der Waals surface area (Å²) in [5.41, 5.74) is 0.466. The highest BCUT2D eigenvalue weighted by molar-refractivity contribution is 7.89. The van der Waals surface area contributed by atoms with E-state index in [1.807, 2.05) is 0 Å². The SMILES string of the molecule is CN1CCOC2CCN(C(=O)Nc3cccc(S(=O)(=O)N(C)C)c3)CC21. The van der Waals surface area contributed by atoms with Gasteiger partial charge in [0.05, 0.1) is 23.6 Å². The van der Waals surface area contributed by atoms with Crippen LogP contribution in [-0.2, 0) is 14.8 Å². The molecule has 2 unspecified atom stereocenters. The van der Waals surface area contributed by atoms with Crippen molar-refractivity contribution in [2.24, 2.45) is 0 Å². The predicted octanol–water partition coefficient (Wildman–Crippen LogP) is 0.874. The summed E-state index contributed by atoms with van der Waals surface area (Å²) in [7, 11) is 1.47. The smallest absolute Gasteiger partial charge is 0.321 e. The number of piperidine rings is 1. The van der Waals surface area contributed by atoms with Crippen molar-refractivity contribution in [1.82, 2.24) is 14.1 Å². The lowest BCUT2D eigenvalue weighted by Gasteiger charge is -2.45. The van der Waals surface area contributed by atoms with E-state index in [0.29, 0.717) is 18.8 Å². The lowest BCUT2D eigenvalue weighted by Crippen LogP contribution is -2.60. The van der Waals surface area contributed by atoms with Crippen molar-refractivity contribution in [2.45, 2.75) is 23.5 Å². The van der Waals surface area contributed by atoms with Gasteiger partial charge in [-0.15, -0.1) is 0 Å². The number of carbonyl (C=O) groups excluding carboxylic acids is 1. The maximum absolute atomic E-state index is 12.6. The van der Waals surface area contributed by atoms with Gasteiger partial charge >= 0.3 is 6.03 Å². The van der Waals surface area contributed by atoms with E-state index in [2.05, 4.69) is 17.3 Å². The van der Waals surface area contributed by atoms with Gasteiger partial charge in [0.25, 0.3) is 0 Å². The Kier molecular flexibility index (Phi) is 5.52. The average molecular weight is 382 g/mol. The van der Waals surface area contributed by atoms with Crippen molar-refractivity contribution in [1.29, 1.82) is 0 Å². The number of anilines is 1. The number of carbonyl (C=O) groups is 1. The number of morpholine rings is 1. The van der Waals surface area contributed by atoms with E-state index >= 15 is 0 Å². The molecule has 2 aliphatic rings. The van der Waals surface area contributed by atoms with Gasteiger partial charge in [-0.05, 0) is 31.7 Å². The maximum atomic E-state index is 12.6. The van der Waals surface area contributed by atoms with Crippen LogP contribution in [0.3, 0.4) is 0 Å². The summed E-state index contributed by atoms with van der Waals surface area (Å²) < 4.78 is 31.5. The fraction of sp³-hybridized carbons (Fsp3) is 0.588. The van der Waals surface area contributed by atoms with Crippen LogP contribution in [0.5, 0.6) is 0 Å². The molecule has 0 radical (unpaired) electrons. The first kappa shape index (κ1) is 19.1. The highest BCUT2D eigenvalue weighted by atomic mass is 32.2. The van der Waals surface area contributed by atoms with E-state index in [1.165, 1.54) is 26.2 Å². The Hall–Kier alpha value is -1.68. The Balaban J connectivity index is 1.69. The van der Waals surface area contributed by atoms with Crippen LogP contribution < -0.4 is 5.32 Å². The van der Waals surface area contributed by atoms with Crippen molar-refractivity contribution in [3.63, 3.8) is 0 Å². The molecule has 3 rings (SSSR count). The summed E-state index contributed by atoms with van der Waals surface area (Å²) in [6.07, 6.45) is 0.976. The molecule has 144 valence electrons. The van der Waals surface area contributed by atoms with E-state index in [1.54, 1.807) is 17.0 Å². The number of likely N-dealkylation sites (tertiary alicyclic amines) is 1. The topological polar surface area (TPSA) is 82.2 Å². The molecular weight excluding hydrogens is 356 g/mol. The Labute approximate surface area is 154 Å². The summed E-state index contributed by atoms with van der Waals surface area (Å²) in [6.45, 7) is 2.82. The van der Waals surface area contributed by atoms with E-state index in [-0.39, 0.29) is 23.1 Å². The number of amides is 2. The Bertz CT molecular complexity index is 768. The lowest BCUT2D eigenvalue weighted by atomic mass is 9.99. The third-order valence-corrected chi connectivity index (χ3v) is 6.82. The first-order chi connectivity index (χ1) is 12.3. The van der Waals surface area contributed by atoms with E-state index in [4.69, 9.17) is 4.74 Å². The average Bonchev–Trinajstić information content (AvgIpc) is 2.62. The molecule has 2 aliphatic heterocycles. The van der Waals surface area contributed by atoms with Crippen LogP contribution in [0.4, 0.5) is 10.5 Å². The van der Waals surface area contributed by atoms with Crippen molar-refractivity contribution < 1.29 is 17.9 Å². The minimum atomic E-state index is -3.54. The molecule has 2 saturated heterocycles. The quantitative estimate of drug-likeness (QED) is 0.839. The molecule has 2 fully saturated rings. The zero-order chi connectivity index (χ0) is 18.9. The van der Waals surface area contributed by atoms with Crippen molar-refractivity contribution >= 4 is 21.7 Å². The molecule has 1 aromatic carbocycles. The molecule has 1 aromatic rings. The number of hydrogen-bond acceptors (Lipinski definition) is 5. The van der Waals surface area contributed by atoms with Gasteiger partial charge in [-0.25, -0.2) is 17.5 Å². The summed E-state index contributed by atoms with van der Waals surface area (Å²) in [4.78, 5) is 16.8. The monoisotopic (exact) mass is 382 g/mol. The number of rotatable bonds is 3. The highest BCUT2D eigenvalue weighted by Crippen LogP contribution is 2.23. The minimum Gasteiger partial charge on any atom is -0.375 e. The molecule has 0 bridgehead atoms. The molecular formula is C17H26N4O4S. The Morgan fingerprint density at radius 1 is 1.31 bits per heavy atom. The number of hydrogen-bond donors (Lipinski definition) is 1. The molecule has 0 aromatic heterocycles. The fourth-order valence-electron chi connectivity index (χ4n) is 3.37. The normalized spacial score (nSPS) is 24.4. The highest BCUT2D eigenvalue weighted by Gasteiger charge is 2.36. The van der Waals surface area contributed by atoms with Gasteiger partial charge < -0.3 is 15.0 Å². The van der Waals surface area contributed by atoms with Crippen LogP contribution in [0.2, 0.25) is 0 Å². The molecule has 0 saturated carbocycles. The lowest BCUT2D eigenvalue weighted by molar-refractivity contribution is -0.0875. The van der Waals surface area contributed by atoms with E-state index in [0.717, 1.165) is 23.9 Å². The zero-order valence-corrected chi connectivity index (χ0v) is 16.2. The summed E-state index contributed by atoms with van der Waals surface area (Å²) in [6, 6.07) is 6.29. The van der Waals surface area contributed by atoms with E-state index < -0.39 is 10.0 Å². The number of nitrogens with one attached hydrogen (secondary N) is 1. The van der Waals surface area contributed by atoms with Crippen LogP contribution in [0.25, 0.3) is 0 Å². The number of benzene rings is 1. The molecule has 0 spiro atoms. The molecule has 2 amide bonds. The second-order valence-electron chi connectivity index (χ2n) is 6.94. The van der Waals surface area contributed by atoms with E-state index in [9.17, 15) is 13.2 Å². The largest absolute Gasteiger partial charge is 0.375 e. The molecule has 2 atom stereocenters. The van der Waals surface area contributed by atoms with Gasteiger partial charge in [-0.3, -0.25) is 4.90 Å². The summed E-state index contributed by atoms with van der Waals surface area (Å²) in [5.74, 6) is 0. The number of urea groups is 1. The first-order valence-corrected chi connectivity index (χ1v) is 10.1. The first-order valence-electron chi connectivity index (χ1n) is 8.69. The van der Waals surface area contributed by atoms with Gasteiger partial charge in [-0.2, -0.15) is 0 Å². The van der Waals surface area contributed by atoms with Gasteiger partial charge in [0, 0.05) is 39.4 Å². The molecule has 1 N–H and O–H groups in total. The van der Waals surface area contributed by atoms with Crippen LogP contribution in [0, 0.1) is 0 Å². The second kappa shape index (κ2) is 7.51. The number of sulfonamides is 1. The third kappa shape index (κ3) is 3.85. The maximum Gasteiger partial charge on any atom is 0.321 e. The van der Waals surface area contributed by atoms with Crippen LogP contribution in [0.1, 0.15) is 6.42 Å². The predicted molar refractivity (Wildman–Crippen MR) is 98.7 cm³/mol. The summed E-state index contributed by atoms with van der Waals surface area (Å²) in [5, 5.41) is 2.82. The standard InChI is InChI=1S/C17H26N4O4S/c1-19(2)26(23,24)14-6-4-5-13(11-14)18-17(22)21-8-7-16-15(12-21)20(3)9-10-25-16/h4-6,11,15-16H,7-10,12H2,1-3H3,(H,18,22). The molecule has 0 aliphatic carbocycles.